The van der Waals surface area contributed by atoms with Gasteiger partial charge in [0.2, 0.25) is 5.91 Å². The molecule has 1 heterocycles. The molecule has 2 unspecified atom stereocenters. The van der Waals surface area contributed by atoms with Crippen molar-refractivity contribution in [3.8, 4) is 0 Å². The summed E-state index contributed by atoms with van der Waals surface area (Å²) in [6, 6.07) is 10.8. The van der Waals surface area contributed by atoms with Crippen molar-refractivity contribution < 1.29 is 23.5 Å². The normalized spacial score (nSPS) is 17.8. The molecule has 32 heavy (non-hydrogen) atoms. The minimum atomic E-state index is -0.424. The van der Waals surface area contributed by atoms with Crippen LogP contribution in [-0.2, 0) is 14.3 Å². The third kappa shape index (κ3) is 6.16. The van der Waals surface area contributed by atoms with Gasteiger partial charge in [-0.2, -0.15) is 0 Å². The van der Waals surface area contributed by atoms with Crippen LogP contribution in [-0.4, -0.2) is 56.2 Å². The Morgan fingerprint density at radius 2 is 2.06 bits per heavy atom. The molecule has 1 amide bonds. The van der Waals surface area contributed by atoms with Gasteiger partial charge in [0, 0.05) is 36.3 Å². The van der Waals surface area contributed by atoms with Gasteiger partial charge in [-0.1, -0.05) is 29.8 Å². The van der Waals surface area contributed by atoms with Crippen molar-refractivity contribution in [2.24, 2.45) is 0 Å². The van der Waals surface area contributed by atoms with E-state index in [0.717, 1.165) is 5.56 Å². The second-order valence-electron chi connectivity index (χ2n) is 7.52. The number of carbonyl (C=O) groups excluding carboxylic acids is 2. The Morgan fingerprint density at radius 3 is 2.72 bits per heavy atom. The molecule has 170 valence electrons. The topological polar surface area (TPSA) is 67.9 Å². The van der Waals surface area contributed by atoms with Gasteiger partial charge in [0.05, 0.1) is 31.4 Å². The van der Waals surface area contributed by atoms with Crippen LogP contribution in [0.1, 0.15) is 34.5 Å². The number of nitrogens with one attached hydrogen (secondary N) is 1. The largest absolute Gasteiger partial charge is 0.465 e. The van der Waals surface area contributed by atoms with E-state index in [-0.39, 0.29) is 18.6 Å². The van der Waals surface area contributed by atoms with Crippen molar-refractivity contribution in [1.29, 1.82) is 0 Å². The average Bonchev–Trinajstić information content (AvgIpc) is 2.79. The Balaban J connectivity index is 1.69. The Hall–Kier alpha value is -2.74. The molecule has 2 atom stereocenters. The van der Waals surface area contributed by atoms with Crippen LogP contribution in [0.5, 0.6) is 0 Å². The quantitative estimate of drug-likeness (QED) is 0.502. The van der Waals surface area contributed by atoms with Crippen molar-refractivity contribution in [3.05, 3.63) is 76.1 Å². The molecular formula is C24H26ClFN2O4. The molecule has 0 spiro atoms. The number of esters is 1. The average molecular weight is 461 g/mol. The highest BCUT2D eigenvalue weighted by atomic mass is 35.5. The van der Waals surface area contributed by atoms with Crippen LogP contribution in [0, 0.1) is 5.82 Å². The maximum absolute atomic E-state index is 14.7. The molecule has 1 N–H and O–H groups in total. The third-order valence-electron chi connectivity index (χ3n) is 5.27. The molecule has 0 saturated carbocycles. The molecule has 0 bridgehead atoms. The summed E-state index contributed by atoms with van der Waals surface area (Å²) in [5, 5.41) is 3.17. The Labute approximate surface area is 192 Å². The maximum Gasteiger partial charge on any atom is 0.337 e. The van der Waals surface area contributed by atoms with Crippen LogP contribution in [0.2, 0.25) is 5.02 Å². The number of benzene rings is 2. The first-order chi connectivity index (χ1) is 15.4. The number of carbonyl (C=O) groups is 2. The molecular weight excluding hydrogens is 435 g/mol. The van der Waals surface area contributed by atoms with Gasteiger partial charge < -0.3 is 14.8 Å². The zero-order chi connectivity index (χ0) is 23.1. The molecule has 8 heteroatoms. The highest BCUT2D eigenvalue weighted by molar-refractivity contribution is 6.31. The molecule has 2 aromatic rings. The molecule has 0 aliphatic carbocycles. The molecule has 0 radical (unpaired) electrons. The number of morpholine rings is 1. The zero-order valence-corrected chi connectivity index (χ0v) is 18.8. The summed E-state index contributed by atoms with van der Waals surface area (Å²) in [5.41, 5.74) is 1.55. The predicted octanol–water partition coefficient (Wildman–Crippen LogP) is 3.86. The number of halogens is 2. The SMILES string of the molecule is COC(=O)c1ccc(C=CC(=O)NCC(c2c(F)cccc2Cl)N2CCOC(C)C2)cc1. The lowest BCUT2D eigenvalue weighted by atomic mass is 10.0. The number of hydrogen-bond donors (Lipinski definition) is 1. The van der Waals surface area contributed by atoms with Crippen LogP contribution in [0.25, 0.3) is 6.08 Å². The Morgan fingerprint density at radius 1 is 1.31 bits per heavy atom. The molecule has 3 rings (SSSR count). The maximum atomic E-state index is 14.7. The Kier molecular flexibility index (Phi) is 8.39. The highest BCUT2D eigenvalue weighted by Crippen LogP contribution is 2.31. The fourth-order valence-electron chi connectivity index (χ4n) is 3.65. The zero-order valence-electron chi connectivity index (χ0n) is 18.0. The number of methoxy groups -OCH3 is 1. The van der Waals surface area contributed by atoms with Crippen LogP contribution >= 0.6 is 11.6 Å². The Bertz CT molecular complexity index is 960. The van der Waals surface area contributed by atoms with Crippen molar-refractivity contribution in [3.63, 3.8) is 0 Å². The first kappa shape index (κ1) is 23.9. The van der Waals surface area contributed by atoms with E-state index < -0.39 is 17.8 Å². The van der Waals surface area contributed by atoms with E-state index in [1.807, 2.05) is 6.92 Å². The molecule has 1 saturated heterocycles. The van der Waals surface area contributed by atoms with E-state index in [4.69, 9.17) is 16.3 Å². The summed E-state index contributed by atoms with van der Waals surface area (Å²) in [5.74, 6) is -1.15. The number of nitrogens with zero attached hydrogens (tertiary/aromatic N) is 1. The van der Waals surface area contributed by atoms with Crippen molar-refractivity contribution in [1.82, 2.24) is 10.2 Å². The van der Waals surface area contributed by atoms with Crippen molar-refractivity contribution in [2.75, 3.05) is 33.4 Å². The second-order valence-corrected chi connectivity index (χ2v) is 7.93. The molecule has 1 aliphatic heterocycles. The fourth-order valence-corrected chi connectivity index (χ4v) is 3.94. The summed E-state index contributed by atoms with van der Waals surface area (Å²) in [6.07, 6.45) is 3.04. The van der Waals surface area contributed by atoms with Crippen LogP contribution in [0.3, 0.4) is 0 Å². The van der Waals surface area contributed by atoms with Crippen LogP contribution in [0.4, 0.5) is 4.39 Å². The van der Waals surface area contributed by atoms with Gasteiger partial charge in [-0.25, -0.2) is 9.18 Å². The minimum Gasteiger partial charge on any atom is -0.465 e. The smallest absolute Gasteiger partial charge is 0.337 e. The summed E-state index contributed by atoms with van der Waals surface area (Å²) >= 11 is 6.32. The van der Waals surface area contributed by atoms with Gasteiger partial charge in [0.25, 0.3) is 0 Å². The summed E-state index contributed by atoms with van der Waals surface area (Å²) in [6.45, 7) is 3.89. The van der Waals surface area contributed by atoms with Gasteiger partial charge >= 0.3 is 5.97 Å². The monoisotopic (exact) mass is 460 g/mol. The summed E-state index contributed by atoms with van der Waals surface area (Å²) < 4.78 is 24.9. The van der Waals surface area contributed by atoms with Gasteiger partial charge in [-0.3, -0.25) is 9.69 Å². The molecule has 1 fully saturated rings. The standard InChI is InChI=1S/C24H26ClFN2O4/c1-16-15-28(12-13-32-16)21(23-19(25)4-3-5-20(23)26)14-27-22(29)11-8-17-6-9-18(10-7-17)24(30)31-2/h3-11,16,21H,12-15H2,1-2H3,(H,27,29). The first-order valence-electron chi connectivity index (χ1n) is 10.3. The van der Waals surface area contributed by atoms with E-state index in [0.29, 0.717) is 35.8 Å². The second kappa shape index (κ2) is 11.2. The van der Waals surface area contributed by atoms with Crippen LogP contribution < -0.4 is 5.32 Å². The van der Waals surface area contributed by atoms with E-state index in [1.165, 1.54) is 19.3 Å². The molecule has 6 nitrogen and oxygen atoms in total. The molecule has 0 aromatic heterocycles. The number of hydrogen-bond acceptors (Lipinski definition) is 5. The van der Waals surface area contributed by atoms with Gasteiger partial charge in [-0.05, 0) is 42.8 Å². The molecule has 1 aliphatic rings. The molecule has 2 aromatic carbocycles. The van der Waals surface area contributed by atoms with E-state index in [9.17, 15) is 14.0 Å². The van der Waals surface area contributed by atoms with Crippen LogP contribution in [0.15, 0.2) is 48.5 Å². The fraction of sp³-hybridized carbons (Fsp3) is 0.333. The number of ether oxygens (including phenoxy) is 2. The third-order valence-corrected chi connectivity index (χ3v) is 5.60. The van der Waals surface area contributed by atoms with Crippen molar-refractivity contribution in [2.45, 2.75) is 19.1 Å². The summed E-state index contributed by atoms with van der Waals surface area (Å²) in [4.78, 5) is 26.0. The number of amides is 1. The highest BCUT2D eigenvalue weighted by Gasteiger charge is 2.29. The van der Waals surface area contributed by atoms with Crippen molar-refractivity contribution >= 4 is 29.6 Å². The van der Waals surface area contributed by atoms with Gasteiger partial charge in [-0.15, -0.1) is 0 Å². The lowest BCUT2D eigenvalue weighted by molar-refractivity contribution is -0.116. The summed E-state index contributed by atoms with van der Waals surface area (Å²) in [7, 11) is 1.32. The van der Waals surface area contributed by atoms with E-state index >= 15 is 0 Å². The lowest BCUT2D eigenvalue weighted by Crippen LogP contribution is -2.46. The predicted molar refractivity (Wildman–Crippen MR) is 121 cm³/mol. The number of rotatable bonds is 7. The van der Waals surface area contributed by atoms with E-state index in [2.05, 4.69) is 15.0 Å². The lowest BCUT2D eigenvalue weighted by Gasteiger charge is -2.38. The minimum absolute atomic E-state index is 0.000331. The van der Waals surface area contributed by atoms with Gasteiger partial charge in [0.1, 0.15) is 5.82 Å². The van der Waals surface area contributed by atoms with Gasteiger partial charge in [0.15, 0.2) is 0 Å². The van der Waals surface area contributed by atoms with E-state index in [1.54, 1.807) is 42.5 Å². The first-order valence-corrected chi connectivity index (χ1v) is 10.7.